The molecular weight excluding hydrogens is 626 g/mol. The van der Waals surface area contributed by atoms with Crippen LogP contribution in [-0.4, -0.2) is 73.4 Å². The first-order valence-electron chi connectivity index (χ1n) is 17.6. The molecule has 0 radical (unpaired) electrons. The third-order valence-electron chi connectivity index (χ3n) is 8.32. The number of hydrogen-bond donors (Lipinski definition) is 2. The van der Waals surface area contributed by atoms with Crippen LogP contribution in [0.1, 0.15) is 71.2 Å². The largest absolute Gasteiger partial charge is 0.383 e. The van der Waals surface area contributed by atoms with E-state index in [1.54, 1.807) is 18.5 Å². The fourth-order valence-corrected chi connectivity index (χ4v) is 5.83. The molecule has 0 unspecified atom stereocenters. The Labute approximate surface area is 295 Å². The highest BCUT2D eigenvalue weighted by atomic mass is 16.1. The second kappa shape index (κ2) is 19.0. The van der Waals surface area contributed by atoms with Crippen molar-refractivity contribution in [1.82, 2.24) is 34.4 Å². The molecule has 0 bridgehead atoms. The number of pyridine rings is 2. The van der Waals surface area contributed by atoms with E-state index in [0.717, 1.165) is 86.4 Å². The van der Waals surface area contributed by atoms with Crippen LogP contribution < -0.4 is 16.0 Å². The molecule has 4 aromatic heterocycles. The predicted molar refractivity (Wildman–Crippen MR) is 201 cm³/mol. The van der Waals surface area contributed by atoms with Crippen molar-refractivity contribution in [2.75, 3.05) is 42.6 Å². The molecule has 5 heterocycles. The molecule has 3 N–H and O–H groups in total. The number of nitrogens with one attached hydrogen (secondary N) is 1. The normalized spacial score (nSPS) is 13.0. The minimum absolute atomic E-state index is 0.177. The number of benzene rings is 1. The fourth-order valence-electron chi connectivity index (χ4n) is 5.83. The number of nitrogen functional groups attached to an aromatic ring is 1. The van der Waals surface area contributed by atoms with Gasteiger partial charge in [-0.2, -0.15) is 5.26 Å². The summed E-state index contributed by atoms with van der Waals surface area (Å²) in [6, 6.07) is 20.4. The zero-order valence-corrected chi connectivity index (χ0v) is 29.9. The Morgan fingerprint density at radius 1 is 0.960 bits per heavy atom. The molecule has 0 spiro atoms. The SMILES string of the molecule is CC.CC.CN(CCCCC=O)c1ccc2nc(-c3cccnc3N)n(-c3ccc(CN4CCC(Nc5ccnc(C#N)n5)CC4)cc3)c2n1. The van der Waals surface area contributed by atoms with E-state index >= 15 is 0 Å². The number of aromatic nitrogens is 6. The maximum atomic E-state index is 10.7. The lowest BCUT2D eigenvalue weighted by atomic mass is 10.0. The van der Waals surface area contributed by atoms with Gasteiger partial charge in [0.25, 0.3) is 0 Å². The smallest absolute Gasteiger partial charge is 0.234 e. The van der Waals surface area contributed by atoms with Crippen LogP contribution in [0.4, 0.5) is 17.5 Å². The molecule has 5 aromatic rings. The van der Waals surface area contributed by atoms with Crippen LogP contribution in [-0.2, 0) is 11.3 Å². The number of nitrogens with zero attached hydrogens (tertiary/aromatic N) is 9. The summed E-state index contributed by atoms with van der Waals surface area (Å²) in [4.78, 5) is 37.8. The Morgan fingerprint density at radius 2 is 1.72 bits per heavy atom. The van der Waals surface area contributed by atoms with Crippen LogP contribution in [0.2, 0.25) is 0 Å². The number of piperidine rings is 1. The summed E-state index contributed by atoms with van der Waals surface area (Å²) < 4.78 is 2.05. The number of carbonyl (C=O) groups is 1. The third-order valence-corrected chi connectivity index (χ3v) is 8.32. The minimum Gasteiger partial charge on any atom is -0.383 e. The lowest BCUT2D eigenvalue weighted by molar-refractivity contribution is -0.107. The number of unbranched alkanes of at least 4 members (excludes halogenated alkanes) is 2. The number of carbonyl (C=O) groups excluding carboxylic acids is 1. The van der Waals surface area contributed by atoms with Gasteiger partial charge in [0.2, 0.25) is 5.82 Å². The molecular formula is C38H49N11O. The van der Waals surface area contributed by atoms with Crippen LogP contribution in [0.3, 0.4) is 0 Å². The molecule has 1 fully saturated rings. The Balaban J connectivity index is 0.00000136. The summed E-state index contributed by atoms with van der Waals surface area (Å²) in [6.45, 7) is 11.6. The van der Waals surface area contributed by atoms with E-state index in [1.165, 1.54) is 5.56 Å². The average molecular weight is 676 g/mol. The number of nitriles is 1. The molecule has 1 aliphatic heterocycles. The minimum atomic E-state index is 0.177. The number of hydrogen-bond acceptors (Lipinski definition) is 11. The van der Waals surface area contributed by atoms with Gasteiger partial charge in [-0.15, -0.1) is 0 Å². The number of likely N-dealkylation sites (tertiary alicyclic amines) is 1. The number of imidazole rings is 1. The lowest BCUT2D eigenvalue weighted by Gasteiger charge is -2.32. The number of nitrogens with two attached hydrogens (primary N) is 1. The van der Waals surface area contributed by atoms with E-state index in [0.29, 0.717) is 29.9 Å². The Bertz CT molecular complexity index is 1840. The molecule has 1 aromatic carbocycles. The molecule has 1 saturated heterocycles. The number of aldehydes is 1. The van der Waals surface area contributed by atoms with Crippen LogP contribution in [0.15, 0.2) is 67.0 Å². The number of rotatable bonds is 12. The van der Waals surface area contributed by atoms with E-state index < -0.39 is 0 Å². The average Bonchev–Trinajstić information content (AvgIpc) is 3.55. The van der Waals surface area contributed by atoms with Gasteiger partial charge >= 0.3 is 0 Å². The molecule has 1 aliphatic rings. The molecule has 12 nitrogen and oxygen atoms in total. The van der Waals surface area contributed by atoms with Gasteiger partial charge in [-0.25, -0.2) is 24.9 Å². The van der Waals surface area contributed by atoms with Crippen molar-refractivity contribution >= 4 is 34.9 Å². The van der Waals surface area contributed by atoms with Gasteiger partial charge in [-0.3, -0.25) is 9.47 Å². The Hall–Kier alpha value is -5.41. The summed E-state index contributed by atoms with van der Waals surface area (Å²) in [6.07, 6.45) is 8.57. The van der Waals surface area contributed by atoms with Crippen molar-refractivity contribution in [1.29, 1.82) is 5.26 Å². The molecule has 0 atom stereocenters. The van der Waals surface area contributed by atoms with E-state index in [-0.39, 0.29) is 5.82 Å². The highest BCUT2D eigenvalue weighted by molar-refractivity contribution is 5.83. The molecule has 12 heteroatoms. The third kappa shape index (κ3) is 9.39. The highest BCUT2D eigenvalue weighted by Crippen LogP contribution is 2.31. The lowest BCUT2D eigenvalue weighted by Crippen LogP contribution is -2.38. The summed E-state index contributed by atoms with van der Waals surface area (Å²) in [5, 5.41) is 12.5. The van der Waals surface area contributed by atoms with Crippen molar-refractivity contribution < 1.29 is 4.79 Å². The molecule has 6 rings (SSSR count). The summed E-state index contributed by atoms with van der Waals surface area (Å²) in [5.41, 5.74) is 10.7. The van der Waals surface area contributed by atoms with Crippen LogP contribution in [0, 0.1) is 11.3 Å². The zero-order chi connectivity index (χ0) is 35.9. The first-order valence-corrected chi connectivity index (χ1v) is 17.6. The van der Waals surface area contributed by atoms with Crippen molar-refractivity contribution in [2.24, 2.45) is 0 Å². The Kier molecular flexibility index (Phi) is 14.2. The van der Waals surface area contributed by atoms with E-state index in [2.05, 4.69) is 58.9 Å². The van der Waals surface area contributed by atoms with Gasteiger partial charge in [0.15, 0.2) is 11.5 Å². The van der Waals surface area contributed by atoms with Gasteiger partial charge in [-0.05, 0) is 73.7 Å². The number of fused-ring (bicyclic) bond motifs is 1. The first kappa shape index (κ1) is 37.4. The molecule has 0 aliphatic carbocycles. The molecule has 0 amide bonds. The maximum absolute atomic E-state index is 10.7. The second-order valence-corrected chi connectivity index (χ2v) is 11.5. The van der Waals surface area contributed by atoms with Crippen LogP contribution >= 0.6 is 0 Å². The van der Waals surface area contributed by atoms with E-state index in [9.17, 15) is 4.79 Å². The van der Waals surface area contributed by atoms with Crippen molar-refractivity contribution in [2.45, 2.75) is 72.4 Å². The fraction of sp³-hybridized carbons (Fsp3) is 0.395. The van der Waals surface area contributed by atoms with Crippen LogP contribution in [0.25, 0.3) is 28.2 Å². The zero-order valence-electron chi connectivity index (χ0n) is 29.9. The van der Waals surface area contributed by atoms with E-state index in [1.807, 2.05) is 65.1 Å². The second-order valence-electron chi connectivity index (χ2n) is 11.5. The molecule has 262 valence electrons. The van der Waals surface area contributed by atoms with Crippen molar-refractivity contribution in [3.8, 4) is 23.1 Å². The Morgan fingerprint density at radius 3 is 2.42 bits per heavy atom. The van der Waals surface area contributed by atoms with Gasteiger partial charge in [0.05, 0.1) is 5.56 Å². The van der Waals surface area contributed by atoms with Crippen molar-refractivity contribution in [3.05, 3.63) is 78.4 Å². The summed E-state index contributed by atoms with van der Waals surface area (Å²) >= 11 is 0. The van der Waals surface area contributed by atoms with Crippen LogP contribution in [0.5, 0.6) is 0 Å². The van der Waals surface area contributed by atoms with Gasteiger partial charge in [0.1, 0.15) is 35.3 Å². The van der Waals surface area contributed by atoms with Gasteiger partial charge < -0.3 is 20.7 Å². The monoisotopic (exact) mass is 675 g/mol. The highest BCUT2D eigenvalue weighted by Gasteiger charge is 2.21. The number of anilines is 3. The summed E-state index contributed by atoms with van der Waals surface area (Å²) in [5.74, 6) is 2.81. The summed E-state index contributed by atoms with van der Waals surface area (Å²) in [7, 11) is 2.02. The maximum Gasteiger partial charge on any atom is 0.234 e. The molecule has 50 heavy (non-hydrogen) atoms. The van der Waals surface area contributed by atoms with Gasteiger partial charge in [-0.1, -0.05) is 39.8 Å². The molecule has 0 saturated carbocycles. The van der Waals surface area contributed by atoms with Gasteiger partial charge in [0, 0.05) is 63.8 Å². The van der Waals surface area contributed by atoms with E-state index in [4.69, 9.17) is 21.0 Å². The first-order chi connectivity index (χ1) is 24.5. The standard InChI is InChI=1S/C34H37N11O.2C2H6/c1-43(18-3-2-4-21-46)31-12-11-28-34(42-31)45(33(40-28)27-6-5-16-38-32(27)36)26-9-7-24(8-10-26)23-44-19-14-25(15-20-44)39-29-13-17-37-30(22-35)41-29;2*1-2/h5-13,16-17,21,25H,2-4,14-15,18-20,23H2,1H3,(H2,36,38)(H,37,39,41);2*1-2H3. The quantitative estimate of drug-likeness (QED) is 0.108. The topological polar surface area (TPSA) is 155 Å². The predicted octanol–water partition coefficient (Wildman–Crippen LogP) is 6.66. The van der Waals surface area contributed by atoms with Crippen molar-refractivity contribution in [3.63, 3.8) is 0 Å².